The Morgan fingerprint density at radius 2 is 2.09 bits per heavy atom. The second kappa shape index (κ2) is 5.85. The predicted octanol–water partition coefficient (Wildman–Crippen LogP) is 4.22. The number of phenols is 1. The number of nitrogens with one attached hydrogen (secondary N) is 1. The van der Waals surface area contributed by atoms with Crippen molar-refractivity contribution in [2.24, 2.45) is 0 Å². The van der Waals surface area contributed by atoms with Crippen molar-refractivity contribution in [1.29, 1.82) is 0 Å². The van der Waals surface area contributed by atoms with E-state index in [-0.39, 0.29) is 5.75 Å². The highest BCUT2D eigenvalue weighted by Crippen LogP contribution is 2.37. The molecular weight excluding hydrogens is 356 g/mol. The topological polar surface area (TPSA) is 62.5 Å². The van der Waals surface area contributed by atoms with Gasteiger partial charge in [-0.2, -0.15) is 0 Å². The fraction of sp³-hybridized carbons (Fsp3) is 0.294. The van der Waals surface area contributed by atoms with Crippen molar-refractivity contribution in [3.63, 3.8) is 0 Å². The van der Waals surface area contributed by atoms with Crippen LogP contribution in [-0.2, 0) is 0 Å². The molecule has 0 amide bonds. The lowest BCUT2D eigenvalue weighted by Gasteiger charge is -2.15. The number of fused-ring (bicyclic) bond motifs is 1. The average molecular weight is 373 g/mol. The Morgan fingerprint density at radius 1 is 1.26 bits per heavy atom. The van der Waals surface area contributed by atoms with Crippen molar-refractivity contribution in [3.8, 4) is 17.0 Å². The lowest BCUT2D eigenvalue weighted by atomic mass is 10.1. The molecular formula is C17H17BrN4O. The summed E-state index contributed by atoms with van der Waals surface area (Å²) >= 11 is 3.47. The van der Waals surface area contributed by atoms with Crippen LogP contribution in [0.15, 0.2) is 41.3 Å². The van der Waals surface area contributed by atoms with E-state index in [9.17, 15) is 5.11 Å². The van der Waals surface area contributed by atoms with E-state index in [0.717, 1.165) is 21.6 Å². The van der Waals surface area contributed by atoms with Crippen molar-refractivity contribution < 1.29 is 5.11 Å². The number of rotatable bonds is 3. The lowest BCUT2D eigenvalue weighted by molar-refractivity contribution is 0.477. The fourth-order valence-electron chi connectivity index (χ4n) is 3.19. The first kappa shape index (κ1) is 14.5. The minimum absolute atomic E-state index is 0.221. The van der Waals surface area contributed by atoms with Crippen LogP contribution in [0.1, 0.15) is 25.7 Å². The molecule has 3 aromatic rings. The fourth-order valence-corrected chi connectivity index (χ4v) is 3.56. The summed E-state index contributed by atoms with van der Waals surface area (Å²) in [5.41, 5.74) is 2.23. The molecule has 1 fully saturated rings. The highest BCUT2D eigenvalue weighted by atomic mass is 79.9. The monoisotopic (exact) mass is 372 g/mol. The minimum Gasteiger partial charge on any atom is -0.507 e. The highest BCUT2D eigenvalue weighted by Gasteiger charge is 2.22. The number of imidazole rings is 1. The Kier molecular flexibility index (Phi) is 3.69. The number of nitrogens with zero attached hydrogens (tertiary/aromatic N) is 3. The molecule has 2 N–H and O–H groups in total. The summed E-state index contributed by atoms with van der Waals surface area (Å²) in [5, 5.41) is 13.9. The van der Waals surface area contributed by atoms with Gasteiger partial charge >= 0.3 is 0 Å². The second-order valence-corrected chi connectivity index (χ2v) is 6.82. The molecule has 2 heterocycles. The van der Waals surface area contributed by atoms with Crippen LogP contribution in [0, 0.1) is 0 Å². The van der Waals surface area contributed by atoms with Crippen molar-refractivity contribution in [2.75, 3.05) is 5.32 Å². The van der Waals surface area contributed by atoms with Crippen molar-refractivity contribution >= 4 is 27.4 Å². The number of halogens is 1. The van der Waals surface area contributed by atoms with Crippen LogP contribution in [0.2, 0.25) is 0 Å². The number of aromatic hydroxyl groups is 1. The third-order valence-electron chi connectivity index (χ3n) is 4.34. The molecule has 0 bridgehead atoms. The number of aromatic nitrogens is 3. The third kappa shape index (κ3) is 2.67. The van der Waals surface area contributed by atoms with E-state index in [1.54, 1.807) is 18.5 Å². The van der Waals surface area contributed by atoms with Crippen LogP contribution >= 0.6 is 15.9 Å². The van der Waals surface area contributed by atoms with Gasteiger partial charge in [0.1, 0.15) is 17.3 Å². The van der Waals surface area contributed by atoms with Gasteiger partial charge < -0.3 is 10.4 Å². The first-order chi connectivity index (χ1) is 11.2. The van der Waals surface area contributed by atoms with Crippen LogP contribution in [0.4, 0.5) is 5.82 Å². The molecule has 2 aromatic heterocycles. The van der Waals surface area contributed by atoms with Crippen LogP contribution in [0.3, 0.4) is 0 Å². The van der Waals surface area contributed by atoms with Crippen molar-refractivity contribution in [3.05, 3.63) is 41.3 Å². The Labute approximate surface area is 142 Å². The molecule has 5 nitrogen and oxygen atoms in total. The first-order valence-corrected chi connectivity index (χ1v) is 8.59. The largest absolute Gasteiger partial charge is 0.507 e. The van der Waals surface area contributed by atoms with Crippen molar-refractivity contribution in [2.45, 2.75) is 31.7 Å². The first-order valence-electron chi connectivity index (χ1n) is 7.80. The zero-order valence-electron chi connectivity index (χ0n) is 12.5. The molecule has 6 heteroatoms. The molecule has 0 aliphatic heterocycles. The summed E-state index contributed by atoms with van der Waals surface area (Å²) in [4.78, 5) is 8.83. The number of benzene rings is 1. The van der Waals surface area contributed by atoms with Gasteiger partial charge in [-0.25, -0.2) is 4.98 Å². The maximum Gasteiger partial charge on any atom is 0.157 e. The van der Waals surface area contributed by atoms with Gasteiger partial charge in [-0.3, -0.25) is 9.38 Å². The third-order valence-corrected chi connectivity index (χ3v) is 4.83. The van der Waals surface area contributed by atoms with E-state index in [0.29, 0.717) is 11.6 Å². The van der Waals surface area contributed by atoms with Gasteiger partial charge in [-0.05, 0) is 31.0 Å². The van der Waals surface area contributed by atoms with Gasteiger partial charge in [0.2, 0.25) is 0 Å². The van der Waals surface area contributed by atoms with Crippen LogP contribution in [0.5, 0.6) is 5.75 Å². The normalized spacial score (nSPS) is 15.3. The maximum atomic E-state index is 10.3. The van der Waals surface area contributed by atoms with Crippen LogP contribution in [0.25, 0.3) is 16.9 Å². The Bertz CT molecular complexity index is 855. The summed E-state index contributed by atoms with van der Waals surface area (Å²) in [5.74, 6) is 1.14. The standard InChI is InChI=1S/C17H17BrN4O/c18-11-5-6-14(23)13(9-11)16-17(20-12-3-1-2-4-12)22-8-7-19-10-15(22)21-16/h5-10,12,20,23H,1-4H2. The van der Waals surface area contributed by atoms with E-state index in [1.165, 1.54) is 25.7 Å². The van der Waals surface area contributed by atoms with E-state index in [2.05, 4.69) is 31.2 Å². The zero-order chi connectivity index (χ0) is 15.8. The molecule has 23 heavy (non-hydrogen) atoms. The van der Waals surface area contributed by atoms with Gasteiger partial charge in [0, 0.05) is 28.5 Å². The van der Waals surface area contributed by atoms with Gasteiger partial charge in [-0.15, -0.1) is 0 Å². The molecule has 0 unspecified atom stereocenters. The molecule has 0 saturated heterocycles. The second-order valence-electron chi connectivity index (χ2n) is 5.90. The summed E-state index contributed by atoms with van der Waals surface area (Å²) < 4.78 is 2.91. The lowest BCUT2D eigenvalue weighted by Crippen LogP contribution is -2.16. The maximum absolute atomic E-state index is 10.3. The molecule has 1 aromatic carbocycles. The summed E-state index contributed by atoms with van der Waals surface area (Å²) in [6.07, 6.45) is 10.2. The SMILES string of the molecule is Oc1ccc(Br)cc1-c1nc2cnccn2c1NC1CCCC1. The van der Waals surface area contributed by atoms with Gasteiger partial charge in [0.05, 0.1) is 6.20 Å². The molecule has 1 aliphatic rings. The van der Waals surface area contributed by atoms with E-state index in [4.69, 9.17) is 0 Å². The molecule has 118 valence electrons. The van der Waals surface area contributed by atoms with Crippen LogP contribution in [-0.4, -0.2) is 25.5 Å². The summed E-state index contributed by atoms with van der Waals surface area (Å²) in [6.45, 7) is 0. The Morgan fingerprint density at radius 3 is 2.91 bits per heavy atom. The molecule has 0 spiro atoms. The Balaban J connectivity index is 1.89. The van der Waals surface area contributed by atoms with E-state index >= 15 is 0 Å². The average Bonchev–Trinajstić information content (AvgIpc) is 3.19. The zero-order valence-corrected chi connectivity index (χ0v) is 14.1. The van der Waals surface area contributed by atoms with Crippen molar-refractivity contribution in [1.82, 2.24) is 14.4 Å². The molecule has 0 radical (unpaired) electrons. The smallest absolute Gasteiger partial charge is 0.157 e. The molecule has 1 saturated carbocycles. The quantitative estimate of drug-likeness (QED) is 0.722. The number of phenolic OH excluding ortho intramolecular Hbond substituents is 1. The summed E-state index contributed by atoms with van der Waals surface area (Å²) in [6, 6.07) is 5.85. The molecule has 0 atom stereocenters. The highest BCUT2D eigenvalue weighted by molar-refractivity contribution is 9.10. The van der Waals surface area contributed by atoms with E-state index in [1.807, 2.05) is 22.7 Å². The number of hydrogen-bond acceptors (Lipinski definition) is 4. The van der Waals surface area contributed by atoms with E-state index < -0.39 is 0 Å². The predicted molar refractivity (Wildman–Crippen MR) is 93.7 cm³/mol. The molecule has 4 rings (SSSR count). The number of anilines is 1. The molecule has 1 aliphatic carbocycles. The Hall–Kier alpha value is -2.08. The van der Waals surface area contributed by atoms with Gasteiger partial charge in [0.25, 0.3) is 0 Å². The minimum atomic E-state index is 0.221. The number of hydrogen-bond donors (Lipinski definition) is 2. The van der Waals surface area contributed by atoms with Gasteiger partial charge in [-0.1, -0.05) is 28.8 Å². The van der Waals surface area contributed by atoms with Crippen LogP contribution < -0.4 is 5.32 Å². The summed E-state index contributed by atoms with van der Waals surface area (Å²) in [7, 11) is 0. The van der Waals surface area contributed by atoms with Gasteiger partial charge in [0.15, 0.2) is 5.65 Å².